The van der Waals surface area contributed by atoms with Crippen LogP contribution < -0.4 is 0 Å². The van der Waals surface area contributed by atoms with Crippen LogP contribution in [0.25, 0.3) is 0 Å². The number of Topliss-reactive ketones (excluding diaryl/α,β-unsaturated/α-hetero) is 1. The highest BCUT2D eigenvalue weighted by atomic mass is 32.2. The van der Waals surface area contributed by atoms with Gasteiger partial charge in [-0.2, -0.15) is 0 Å². The maximum Gasteiger partial charge on any atom is 0.412 e. The molecule has 48 heavy (non-hydrogen) atoms. The summed E-state index contributed by atoms with van der Waals surface area (Å²) in [5.41, 5.74) is 2.61. The van der Waals surface area contributed by atoms with Gasteiger partial charge in [0.2, 0.25) is 0 Å². The van der Waals surface area contributed by atoms with Gasteiger partial charge in [-0.05, 0) is 34.8 Å². The summed E-state index contributed by atoms with van der Waals surface area (Å²) in [5, 5.41) is -0.317. The van der Waals surface area contributed by atoms with Gasteiger partial charge in [-0.1, -0.05) is 172 Å². The van der Waals surface area contributed by atoms with Gasteiger partial charge in [-0.15, -0.1) is 11.8 Å². The topological polar surface area (TPSA) is 46.6 Å². The first-order valence-corrected chi connectivity index (χ1v) is 18.0. The Labute approximate surface area is 289 Å². The molecule has 5 aromatic rings. The van der Waals surface area contributed by atoms with Gasteiger partial charge in [-0.3, -0.25) is 9.69 Å². The number of ether oxygens (including phenoxy) is 1. The molecule has 1 aliphatic rings. The average molecular weight is 654 g/mol. The van der Waals surface area contributed by atoms with Crippen molar-refractivity contribution in [2.24, 2.45) is 11.8 Å². The number of cyclic esters (lactones) is 1. The van der Waals surface area contributed by atoms with Gasteiger partial charge in [-0.25, -0.2) is 4.79 Å². The number of carbonyl (C=O) groups excluding carboxylic acids is 2. The van der Waals surface area contributed by atoms with Crippen LogP contribution in [0.3, 0.4) is 0 Å². The number of nitrogens with zero attached hydrogens (tertiary/aromatic N) is 1. The zero-order valence-electron chi connectivity index (χ0n) is 28.0. The zero-order chi connectivity index (χ0) is 33.7. The van der Waals surface area contributed by atoms with E-state index in [1.54, 1.807) is 11.8 Å². The number of thioether (sulfide) groups is 1. The molecule has 0 N–H and O–H groups in total. The van der Waals surface area contributed by atoms with Crippen LogP contribution in [0.2, 0.25) is 0 Å². The molecule has 1 amide bonds. The van der Waals surface area contributed by atoms with Crippen LogP contribution in [0.4, 0.5) is 4.79 Å². The van der Waals surface area contributed by atoms with Crippen molar-refractivity contribution in [2.45, 2.75) is 49.6 Å². The van der Waals surface area contributed by atoms with E-state index in [-0.39, 0.29) is 41.5 Å². The van der Waals surface area contributed by atoms with Crippen molar-refractivity contribution in [1.82, 2.24) is 4.90 Å². The third kappa shape index (κ3) is 5.75. The molecule has 4 nitrogen and oxygen atoms in total. The summed E-state index contributed by atoms with van der Waals surface area (Å²) in [6.45, 7) is 6.40. The van der Waals surface area contributed by atoms with Gasteiger partial charge in [0.25, 0.3) is 0 Å². The van der Waals surface area contributed by atoms with E-state index in [4.69, 9.17) is 4.74 Å². The smallest absolute Gasteiger partial charge is 0.412 e. The minimum Gasteiger partial charge on any atom is -0.431 e. The van der Waals surface area contributed by atoms with Crippen LogP contribution in [-0.4, -0.2) is 34.4 Å². The number of ketones is 1. The van der Waals surface area contributed by atoms with Crippen LogP contribution in [-0.2, 0) is 20.5 Å². The molecule has 0 spiro atoms. The molecule has 1 aliphatic heterocycles. The molecule has 6 rings (SSSR count). The van der Waals surface area contributed by atoms with Crippen molar-refractivity contribution in [3.05, 3.63) is 179 Å². The number of hydrogen-bond acceptors (Lipinski definition) is 4. The molecule has 5 heteroatoms. The Morgan fingerprint density at radius 3 is 1.42 bits per heavy atom. The van der Waals surface area contributed by atoms with Crippen LogP contribution in [0.5, 0.6) is 0 Å². The Bertz CT molecular complexity index is 1660. The van der Waals surface area contributed by atoms with E-state index in [1.165, 1.54) is 0 Å². The highest BCUT2D eigenvalue weighted by Gasteiger charge is 2.59. The van der Waals surface area contributed by atoms with Crippen LogP contribution in [0.1, 0.15) is 55.0 Å². The van der Waals surface area contributed by atoms with Crippen molar-refractivity contribution in [3.63, 3.8) is 0 Å². The Balaban J connectivity index is 1.44. The maximum atomic E-state index is 15.2. The lowest BCUT2D eigenvalue weighted by Gasteiger charge is -2.42. The van der Waals surface area contributed by atoms with Crippen molar-refractivity contribution in [2.75, 3.05) is 6.26 Å². The normalized spacial score (nSPS) is 17.1. The molecule has 3 atom stereocenters. The molecule has 5 aromatic carbocycles. The van der Waals surface area contributed by atoms with Gasteiger partial charge < -0.3 is 4.74 Å². The average Bonchev–Trinajstić information content (AvgIpc) is 3.44. The highest BCUT2D eigenvalue weighted by Crippen LogP contribution is 2.50. The minimum atomic E-state index is -1.03. The Morgan fingerprint density at radius 1 is 0.688 bits per heavy atom. The van der Waals surface area contributed by atoms with Crippen molar-refractivity contribution in [3.8, 4) is 0 Å². The van der Waals surface area contributed by atoms with Gasteiger partial charge in [0, 0.05) is 17.5 Å². The fraction of sp³-hybridized carbons (Fsp3) is 0.256. The van der Waals surface area contributed by atoms with Crippen molar-refractivity contribution >= 4 is 23.6 Å². The van der Waals surface area contributed by atoms with E-state index >= 15 is 4.79 Å². The quantitative estimate of drug-likeness (QED) is 0.126. The number of amides is 1. The zero-order valence-corrected chi connectivity index (χ0v) is 28.8. The largest absolute Gasteiger partial charge is 0.431 e. The molecule has 0 saturated carbocycles. The lowest BCUT2D eigenvalue weighted by molar-refractivity contribution is -0.123. The molecule has 0 aliphatic carbocycles. The van der Waals surface area contributed by atoms with E-state index in [0.717, 1.165) is 27.8 Å². The molecular weight excluding hydrogens is 611 g/mol. The third-order valence-corrected chi connectivity index (χ3v) is 10.9. The second-order valence-electron chi connectivity index (χ2n) is 13.0. The van der Waals surface area contributed by atoms with Crippen LogP contribution >= 0.6 is 11.8 Å². The van der Waals surface area contributed by atoms with Gasteiger partial charge in [0.1, 0.15) is 5.41 Å². The molecule has 244 valence electrons. The van der Waals surface area contributed by atoms with E-state index in [0.29, 0.717) is 0 Å². The van der Waals surface area contributed by atoms with E-state index < -0.39 is 11.0 Å². The third-order valence-electron chi connectivity index (χ3n) is 9.76. The highest BCUT2D eigenvalue weighted by molar-refractivity contribution is 7.99. The standard InChI is InChI=1S/C43H43NO3S/c1-31(2)39-43(36-26-16-8-17-27-36,37-28-18-9-19-29-37)47-41(46)44(39)40(48-4)32(3)30-38(45)42(33-20-10-5-11-21-33,34-22-12-6-13-23-34)35-24-14-7-15-25-35/h5-29,31-32,39-40H,30H2,1-4H3/t32-,39-,40-/m0/s1. The molecule has 0 unspecified atom stereocenters. The van der Waals surface area contributed by atoms with Crippen LogP contribution in [0, 0.1) is 11.8 Å². The first-order chi connectivity index (χ1) is 23.4. The van der Waals surface area contributed by atoms with Gasteiger partial charge in [0.15, 0.2) is 11.4 Å². The summed E-state index contributed by atoms with van der Waals surface area (Å²) in [6, 6.07) is 50.1. The van der Waals surface area contributed by atoms with Gasteiger partial charge >= 0.3 is 6.09 Å². The molecule has 0 radical (unpaired) electrons. The lowest BCUT2D eigenvalue weighted by Crippen LogP contribution is -2.52. The number of hydrogen-bond donors (Lipinski definition) is 0. The second-order valence-corrected chi connectivity index (χ2v) is 14.0. The van der Waals surface area contributed by atoms with Gasteiger partial charge in [0.05, 0.1) is 11.4 Å². The number of rotatable bonds is 12. The number of benzene rings is 5. The maximum absolute atomic E-state index is 15.2. The predicted octanol–water partition coefficient (Wildman–Crippen LogP) is 9.73. The van der Waals surface area contributed by atoms with E-state index in [9.17, 15) is 4.79 Å². The fourth-order valence-electron chi connectivity index (χ4n) is 7.82. The fourth-order valence-corrected chi connectivity index (χ4v) is 8.83. The Morgan fingerprint density at radius 2 is 1.06 bits per heavy atom. The summed E-state index contributed by atoms with van der Waals surface area (Å²) in [4.78, 5) is 31.5. The van der Waals surface area contributed by atoms with Crippen molar-refractivity contribution in [1.29, 1.82) is 0 Å². The monoisotopic (exact) mass is 653 g/mol. The Kier molecular flexibility index (Phi) is 9.88. The first-order valence-electron chi connectivity index (χ1n) is 16.7. The molecule has 0 aromatic heterocycles. The molecule has 0 bridgehead atoms. The SMILES string of the molecule is CS[C@@H]([C@@H](C)CC(=O)C(c1ccccc1)(c1ccccc1)c1ccccc1)N1C(=O)OC(c2ccccc2)(c2ccccc2)[C@@H]1C(C)C. The van der Waals surface area contributed by atoms with Crippen LogP contribution in [0.15, 0.2) is 152 Å². The second kappa shape index (κ2) is 14.2. The summed E-state index contributed by atoms with van der Waals surface area (Å²) >= 11 is 1.60. The first kappa shape index (κ1) is 33.3. The molecular formula is C43H43NO3S. The summed E-state index contributed by atoms with van der Waals surface area (Å²) in [7, 11) is 0. The molecule has 1 fully saturated rings. The van der Waals surface area contributed by atoms with E-state index in [1.807, 2.05) is 126 Å². The minimum absolute atomic E-state index is 0.0476. The summed E-state index contributed by atoms with van der Waals surface area (Å²) in [5.74, 6) is -0.0608. The van der Waals surface area contributed by atoms with Crippen molar-refractivity contribution < 1.29 is 14.3 Å². The molecule has 1 heterocycles. The van der Waals surface area contributed by atoms with E-state index in [2.05, 4.69) is 57.2 Å². The lowest BCUT2D eigenvalue weighted by atomic mass is 9.65. The summed E-state index contributed by atoms with van der Waals surface area (Å²) in [6.07, 6.45) is 1.92. The Hall–Kier alpha value is -4.61. The predicted molar refractivity (Wildman–Crippen MR) is 196 cm³/mol. The summed E-state index contributed by atoms with van der Waals surface area (Å²) < 4.78 is 6.61. The number of carbonyl (C=O) groups is 2. The molecule has 1 saturated heterocycles.